The molecule has 0 fully saturated rings. The lowest BCUT2D eigenvalue weighted by Gasteiger charge is -2.02. The van der Waals surface area contributed by atoms with Crippen molar-refractivity contribution in [3.05, 3.63) is 20.8 Å². The Hall–Kier alpha value is -0.0831. The van der Waals surface area contributed by atoms with Crippen molar-refractivity contribution in [2.45, 2.75) is 19.6 Å². The Morgan fingerprint density at radius 2 is 2.07 bits per heavy atom. The number of rotatable bonds is 0. The van der Waals surface area contributed by atoms with Crippen LogP contribution in [-0.4, -0.2) is 8.07 Å². The van der Waals surface area contributed by atoms with Gasteiger partial charge in [-0.25, -0.2) is 0 Å². The fourth-order valence-corrected chi connectivity index (χ4v) is 4.67. The molecule has 0 aromatic carbocycles. The minimum atomic E-state index is -1.26. The summed E-state index contributed by atoms with van der Waals surface area (Å²) in [5.41, 5.74) is 3.40. The highest BCUT2D eigenvalue weighted by Crippen LogP contribution is 2.38. The van der Waals surface area contributed by atoms with Crippen molar-refractivity contribution >= 4 is 56.1 Å². The van der Waals surface area contributed by atoms with Gasteiger partial charge in [-0.05, 0) is 27.4 Å². The molecular weight excluding hydrogens is 304 g/mol. The van der Waals surface area contributed by atoms with Crippen LogP contribution in [0.3, 0.4) is 0 Å². The van der Waals surface area contributed by atoms with Crippen molar-refractivity contribution in [1.29, 1.82) is 0 Å². The Morgan fingerprint density at radius 3 is 2.67 bits per heavy atom. The first kappa shape index (κ1) is 11.4. The molecular formula is C11H11BrS2Si. The molecule has 0 radical (unpaired) electrons. The van der Waals surface area contributed by atoms with Gasteiger partial charge >= 0.3 is 0 Å². The second-order valence-corrected chi connectivity index (χ2v) is 11.9. The molecule has 2 rings (SSSR count). The minimum Gasteiger partial charge on any atom is -0.142 e. The van der Waals surface area contributed by atoms with Gasteiger partial charge in [-0.2, -0.15) is 0 Å². The van der Waals surface area contributed by atoms with E-state index in [1.54, 1.807) is 22.7 Å². The van der Waals surface area contributed by atoms with Crippen molar-refractivity contribution in [3.63, 3.8) is 0 Å². The van der Waals surface area contributed by atoms with Gasteiger partial charge in [-0.1, -0.05) is 25.6 Å². The van der Waals surface area contributed by atoms with Crippen LogP contribution in [0.4, 0.5) is 0 Å². The largest absolute Gasteiger partial charge is 0.142 e. The quantitative estimate of drug-likeness (QED) is 0.476. The zero-order valence-electron chi connectivity index (χ0n) is 8.85. The topological polar surface area (TPSA) is 0 Å². The maximum absolute atomic E-state index is 3.63. The molecule has 2 aromatic heterocycles. The van der Waals surface area contributed by atoms with E-state index in [0.29, 0.717) is 0 Å². The van der Waals surface area contributed by atoms with E-state index in [-0.39, 0.29) is 0 Å². The summed E-state index contributed by atoms with van der Waals surface area (Å²) in [5.74, 6) is 3.32. The molecule has 0 aliphatic rings. The maximum atomic E-state index is 3.63. The van der Waals surface area contributed by atoms with Gasteiger partial charge in [0.2, 0.25) is 0 Å². The van der Waals surface area contributed by atoms with Crippen molar-refractivity contribution < 1.29 is 0 Å². The zero-order valence-corrected chi connectivity index (χ0v) is 13.1. The standard InChI is InChI=1S/C11H11BrS2Si/c1-15(2,3)7-5-8-10(12)11-9(14-8)4-6-13-11/h4,6H,1-3H3. The SMILES string of the molecule is C[Si](C)(C)C#Cc1sc2ccsc2c1Br. The molecule has 0 aliphatic heterocycles. The van der Waals surface area contributed by atoms with Gasteiger partial charge in [0.15, 0.2) is 0 Å². The lowest BCUT2D eigenvalue weighted by molar-refractivity contribution is 1.81. The molecule has 15 heavy (non-hydrogen) atoms. The first-order valence-electron chi connectivity index (χ1n) is 4.66. The summed E-state index contributed by atoms with van der Waals surface area (Å²) in [6.07, 6.45) is 0. The number of fused-ring (bicyclic) bond motifs is 1. The van der Waals surface area contributed by atoms with Crippen molar-refractivity contribution in [2.24, 2.45) is 0 Å². The fourth-order valence-electron chi connectivity index (χ4n) is 1.12. The summed E-state index contributed by atoms with van der Waals surface area (Å²) in [6, 6.07) is 2.16. The summed E-state index contributed by atoms with van der Waals surface area (Å²) >= 11 is 7.19. The zero-order chi connectivity index (χ0) is 11.1. The number of hydrogen-bond acceptors (Lipinski definition) is 2. The Balaban J connectivity index is 2.47. The van der Waals surface area contributed by atoms with Gasteiger partial charge in [-0.3, -0.25) is 0 Å². The molecule has 0 bridgehead atoms. The molecule has 0 nitrogen and oxygen atoms in total. The van der Waals surface area contributed by atoms with E-state index in [4.69, 9.17) is 0 Å². The summed E-state index contributed by atoms with van der Waals surface area (Å²) in [6.45, 7) is 6.80. The molecule has 2 aromatic rings. The molecule has 0 saturated heterocycles. The van der Waals surface area contributed by atoms with E-state index in [9.17, 15) is 0 Å². The first-order chi connectivity index (χ1) is 6.97. The molecule has 78 valence electrons. The van der Waals surface area contributed by atoms with E-state index >= 15 is 0 Å². The summed E-state index contributed by atoms with van der Waals surface area (Å²) in [5, 5.41) is 2.13. The normalized spacial score (nSPS) is 11.5. The molecule has 0 saturated carbocycles. The van der Waals surface area contributed by atoms with Crippen LogP contribution in [0.1, 0.15) is 4.88 Å². The highest BCUT2D eigenvalue weighted by Gasteiger charge is 2.11. The van der Waals surface area contributed by atoms with Crippen LogP contribution in [0.25, 0.3) is 9.40 Å². The van der Waals surface area contributed by atoms with Gasteiger partial charge < -0.3 is 0 Å². The van der Waals surface area contributed by atoms with Gasteiger partial charge in [0.1, 0.15) is 8.07 Å². The van der Waals surface area contributed by atoms with E-state index < -0.39 is 8.07 Å². The summed E-state index contributed by atoms with van der Waals surface area (Å²) < 4.78 is 3.86. The molecule has 0 N–H and O–H groups in total. The molecule has 2 heterocycles. The van der Waals surface area contributed by atoms with Crippen molar-refractivity contribution in [1.82, 2.24) is 0 Å². The Labute approximate surface area is 107 Å². The monoisotopic (exact) mass is 314 g/mol. The molecule has 0 aliphatic carbocycles. The van der Waals surface area contributed by atoms with Crippen LogP contribution in [0.15, 0.2) is 15.9 Å². The number of halogens is 1. The van der Waals surface area contributed by atoms with Crippen LogP contribution < -0.4 is 0 Å². The van der Waals surface area contributed by atoms with Crippen molar-refractivity contribution in [2.75, 3.05) is 0 Å². The maximum Gasteiger partial charge on any atom is 0.129 e. The molecule has 4 heteroatoms. The van der Waals surface area contributed by atoms with Crippen LogP contribution in [0.2, 0.25) is 19.6 Å². The Bertz CT molecular complexity index is 548. The summed E-state index contributed by atoms with van der Waals surface area (Å²) in [4.78, 5) is 1.18. The van der Waals surface area contributed by atoms with E-state index in [1.807, 2.05) is 0 Å². The molecule has 0 amide bonds. The second kappa shape index (κ2) is 4.06. The predicted octanol–water partition coefficient (Wildman–Crippen LogP) is 4.95. The third-order valence-corrected chi connectivity index (χ3v) is 6.12. The van der Waals surface area contributed by atoms with Gasteiger partial charge in [-0.15, -0.1) is 28.2 Å². The third-order valence-electron chi connectivity index (χ3n) is 1.79. The fraction of sp³-hybridized carbons (Fsp3) is 0.273. The van der Waals surface area contributed by atoms with Gasteiger partial charge in [0.05, 0.1) is 14.0 Å². The number of hydrogen-bond donors (Lipinski definition) is 0. The molecule has 0 spiro atoms. The van der Waals surface area contributed by atoms with Crippen molar-refractivity contribution in [3.8, 4) is 11.5 Å². The van der Waals surface area contributed by atoms with Crippen LogP contribution in [0.5, 0.6) is 0 Å². The average molecular weight is 315 g/mol. The number of thiophene rings is 2. The third kappa shape index (κ3) is 2.54. The van der Waals surface area contributed by atoms with Crippen LogP contribution >= 0.6 is 38.6 Å². The highest BCUT2D eigenvalue weighted by atomic mass is 79.9. The van der Waals surface area contributed by atoms with E-state index in [1.165, 1.54) is 18.7 Å². The van der Waals surface area contributed by atoms with E-state index in [0.717, 1.165) is 0 Å². The average Bonchev–Trinajstić information content (AvgIpc) is 2.65. The highest BCUT2D eigenvalue weighted by molar-refractivity contribution is 9.10. The second-order valence-electron chi connectivity index (χ2n) is 4.36. The smallest absolute Gasteiger partial charge is 0.129 e. The Kier molecular flexibility index (Phi) is 3.09. The first-order valence-corrected chi connectivity index (χ1v) is 10.6. The molecule has 0 atom stereocenters. The van der Waals surface area contributed by atoms with Crippen LogP contribution in [-0.2, 0) is 0 Å². The lowest BCUT2D eigenvalue weighted by atomic mass is 10.4. The minimum absolute atomic E-state index is 1.18. The Morgan fingerprint density at radius 1 is 1.33 bits per heavy atom. The van der Waals surface area contributed by atoms with Gasteiger partial charge in [0, 0.05) is 4.70 Å². The van der Waals surface area contributed by atoms with E-state index in [2.05, 4.69) is 58.5 Å². The lowest BCUT2D eigenvalue weighted by Crippen LogP contribution is -2.16. The predicted molar refractivity (Wildman–Crippen MR) is 77.6 cm³/mol. The molecule has 0 unspecified atom stereocenters. The van der Waals surface area contributed by atoms with Gasteiger partial charge in [0.25, 0.3) is 0 Å². The van der Waals surface area contributed by atoms with Crippen LogP contribution in [0, 0.1) is 11.5 Å². The summed E-state index contributed by atoms with van der Waals surface area (Å²) in [7, 11) is -1.26.